The highest BCUT2D eigenvalue weighted by atomic mass is 16.5. The summed E-state index contributed by atoms with van der Waals surface area (Å²) >= 11 is 0. The molecule has 3 heteroatoms. The van der Waals surface area contributed by atoms with Crippen LogP contribution in [0.5, 0.6) is 5.75 Å². The van der Waals surface area contributed by atoms with E-state index in [4.69, 9.17) is 4.74 Å². The molecule has 3 nitrogen and oxygen atoms in total. The van der Waals surface area contributed by atoms with E-state index in [0.717, 1.165) is 35.3 Å². The van der Waals surface area contributed by atoms with Gasteiger partial charge in [0, 0.05) is 24.6 Å². The van der Waals surface area contributed by atoms with Gasteiger partial charge in [0.15, 0.2) is 5.78 Å². The summed E-state index contributed by atoms with van der Waals surface area (Å²) in [7, 11) is 0. The normalized spacial score (nSPS) is 17.2. The zero-order valence-corrected chi connectivity index (χ0v) is 15.3. The van der Waals surface area contributed by atoms with Crippen LogP contribution in [0.2, 0.25) is 0 Å². The molecule has 1 aromatic heterocycles. The number of benzene rings is 1. The summed E-state index contributed by atoms with van der Waals surface area (Å²) in [5.41, 5.74) is 5.17. The Morgan fingerprint density at radius 3 is 2.81 bits per heavy atom. The average molecular weight is 345 g/mol. The first kappa shape index (κ1) is 16.8. The van der Waals surface area contributed by atoms with Gasteiger partial charge in [0.05, 0.1) is 6.20 Å². The van der Waals surface area contributed by atoms with Crippen molar-refractivity contribution in [2.45, 2.75) is 45.1 Å². The molecule has 0 atom stereocenters. The molecular formula is C23H23NO2. The second-order valence-corrected chi connectivity index (χ2v) is 7.49. The molecule has 0 N–H and O–H groups in total. The van der Waals surface area contributed by atoms with Gasteiger partial charge in [0.2, 0.25) is 0 Å². The van der Waals surface area contributed by atoms with E-state index < -0.39 is 5.60 Å². The number of carbonyl (C=O) groups is 1. The van der Waals surface area contributed by atoms with Gasteiger partial charge in [-0.05, 0) is 61.1 Å². The van der Waals surface area contributed by atoms with E-state index in [1.165, 1.54) is 11.1 Å². The highest BCUT2D eigenvalue weighted by Gasteiger charge is 2.37. The predicted octanol–water partition coefficient (Wildman–Crippen LogP) is 4.93. The van der Waals surface area contributed by atoms with Crippen LogP contribution in [0.15, 0.2) is 66.0 Å². The van der Waals surface area contributed by atoms with Crippen molar-refractivity contribution >= 4 is 11.4 Å². The Morgan fingerprint density at radius 2 is 2.00 bits per heavy atom. The molecule has 0 saturated heterocycles. The first-order chi connectivity index (χ1) is 12.5. The first-order valence-corrected chi connectivity index (χ1v) is 9.19. The summed E-state index contributed by atoms with van der Waals surface area (Å²) in [5, 5.41) is 0. The molecule has 1 aliphatic carbocycles. The Hall–Kier alpha value is -2.68. The molecule has 2 heterocycles. The third-order valence-corrected chi connectivity index (χ3v) is 5.20. The van der Waals surface area contributed by atoms with Gasteiger partial charge in [0.25, 0.3) is 0 Å². The van der Waals surface area contributed by atoms with E-state index >= 15 is 0 Å². The molecule has 132 valence electrons. The largest absolute Gasteiger partial charge is 0.481 e. The monoisotopic (exact) mass is 345 g/mol. The van der Waals surface area contributed by atoms with Crippen molar-refractivity contribution in [3.8, 4) is 5.75 Å². The molecule has 1 aromatic carbocycles. The van der Waals surface area contributed by atoms with E-state index in [0.29, 0.717) is 12.8 Å². The topological polar surface area (TPSA) is 39.2 Å². The van der Waals surface area contributed by atoms with Crippen LogP contribution in [0.1, 0.15) is 44.2 Å². The molecule has 0 saturated carbocycles. The lowest BCUT2D eigenvalue weighted by Gasteiger charge is -2.33. The summed E-state index contributed by atoms with van der Waals surface area (Å²) in [5.74, 6) is 1.06. The Labute approximate surface area is 154 Å². The quantitative estimate of drug-likeness (QED) is 0.771. The van der Waals surface area contributed by atoms with Crippen LogP contribution in [0.4, 0.5) is 0 Å². The molecule has 0 unspecified atom stereocenters. The lowest BCUT2D eigenvalue weighted by Crippen LogP contribution is -2.33. The standard InChI is InChI=1S/C23H23NO2/c1-23(2)20-14-17(13-19(20)18-11-12-24-15-22(18)26-23)21(25)10-6-9-16-7-4-3-5-8-16/h3-5,7-8,11-12,14-15H,6,9-10,13H2,1-2H3. The summed E-state index contributed by atoms with van der Waals surface area (Å²) in [6.45, 7) is 4.11. The Kier molecular flexibility index (Phi) is 4.23. The summed E-state index contributed by atoms with van der Waals surface area (Å²) < 4.78 is 6.12. The van der Waals surface area contributed by atoms with Crippen LogP contribution in [0.3, 0.4) is 0 Å². The van der Waals surface area contributed by atoms with Gasteiger partial charge in [-0.2, -0.15) is 0 Å². The van der Waals surface area contributed by atoms with Gasteiger partial charge in [-0.1, -0.05) is 30.3 Å². The van der Waals surface area contributed by atoms with Crippen molar-refractivity contribution in [3.63, 3.8) is 0 Å². The van der Waals surface area contributed by atoms with Crippen molar-refractivity contribution < 1.29 is 9.53 Å². The number of fused-ring (bicyclic) bond motifs is 2. The number of aryl methyl sites for hydroxylation is 1. The lowest BCUT2D eigenvalue weighted by molar-refractivity contribution is -0.115. The van der Waals surface area contributed by atoms with Crippen LogP contribution < -0.4 is 4.74 Å². The lowest BCUT2D eigenvalue weighted by atomic mass is 9.88. The maximum atomic E-state index is 12.8. The Morgan fingerprint density at radius 1 is 1.19 bits per heavy atom. The number of aromatic nitrogens is 1. The highest BCUT2D eigenvalue weighted by Crippen LogP contribution is 2.47. The molecule has 0 radical (unpaired) electrons. The molecule has 4 rings (SSSR count). The van der Waals surface area contributed by atoms with Gasteiger partial charge in [-0.3, -0.25) is 9.78 Å². The fourth-order valence-corrected chi connectivity index (χ4v) is 3.85. The molecular weight excluding hydrogens is 322 g/mol. The number of hydrogen-bond donors (Lipinski definition) is 0. The number of pyridine rings is 1. The SMILES string of the molecule is CC1(C)Oc2cnccc2C2=C1C=C(C(=O)CCCc1ccccc1)C2. The number of hydrogen-bond acceptors (Lipinski definition) is 3. The van der Waals surface area contributed by atoms with Gasteiger partial charge in [-0.15, -0.1) is 0 Å². The van der Waals surface area contributed by atoms with E-state index in [1.54, 1.807) is 12.4 Å². The van der Waals surface area contributed by atoms with Crippen LogP contribution in [-0.4, -0.2) is 16.4 Å². The van der Waals surface area contributed by atoms with E-state index in [9.17, 15) is 4.79 Å². The van der Waals surface area contributed by atoms with Gasteiger partial charge in [0.1, 0.15) is 11.4 Å². The zero-order valence-electron chi connectivity index (χ0n) is 15.3. The molecule has 0 spiro atoms. The highest BCUT2D eigenvalue weighted by molar-refractivity contribution is 6.01. The molecule has 1 aliphatic heterocycles. The number of ketones is 1. The molecule has 2 aromatic rings. The van der Waals surface area contributed by atoms with Crippen molar-refractivity contribution in [2.75, 3.05) is 0 Å². The second kappa shape index (κ2) is 6.56. The van der Waals surface area contributed by atoms with Crippen LogP contribution in [0, 0.1) is 0 Å². The number of rotatable bonds is 5. The molecule has 0 bridgehead atoms. The summed E-state index contributed by atoms with van der Waals surface area (Å²) in [4.78, 5) is 16.9. The van der Waals surface area contributed by atoms with Crippen molar-refractivity contribution in [1.29, 1.82) is 0 Å². The Balaban J connectivity index is 1.47. The number of Topliss-reactive ketones (excluding diaryl/α,β-unsaturated/α-hetero) is 1. The van der Waals surface area contributed by atoms with E-state index in [1.807, 2.05) is 24.3 Å². The number of ether oxygens (including phenoxy) is 1. The van der Waals surface area contributed by atoms with Crippen molar-refractivity contribution in [2.24, 2.45) is 0 Å². The maximum absolute atomic E-state index is 12.8. The number of nitrogens with zero attached hydrogens (tertiary/aromatic N) is 1. The zero-order chi connectivity index (χ0) is 18.1. The summed E-state index contributed by atoms with van der Waals surface area (Å²) in [6, 6.07) is 12.3. The van der Waals surface area contributed by atoms with E-state index in [-0.39, 0.29) is 5.78 Å². The maximum Gasteiger partial charge on any atom is 0.159 e. The average Bonchev–Trinajstić information content (AvgIpc) is 3.09. The third-order valence-electron chi connectivity index (χ3n) is 5.20. The van der Waals surface area contributed by atoms with Gasteiger partial charge < -0.3 is 4.74 Å². The smallest absolute Gasteiger partial charge is 0.159 e. The van der Waals surface area contributed by atoms with Crippen molar-refractivity contribution in [1.82, 2.24) is 4.98 Å². The fraction of sp³-hybridized carbons (Fsp3) is 0.304. The first-order valence-electron chi connectivity index (χ1n) is 9.19. The minimum absolute atomic E-state index is 0.252. The third kappa shape index (κ3) is 3.10. The fourth-order valence-electron chi connectivity index (χ4n) is 3.85. The molecule has 0 amide bonds. The van der Waals surface area contributed by atoms with Gasteiger partial charge in [-0.25, -0.2) is 0 Å². The summed E-state index contributed by atoms with van der Waals surface area (Å²) in [6.07, 6.45) is 8.71. The number of allylic oxidation sites excluding steroid dienone is 2. The van der Waals surface area contributed by atoms with Crippen molar-refractivity contribution in [3.05, 3.63) is 77.1 Å². The van der Waals surface area contributed by atoms with E-state index in [2.05, 4.69) is 37.0 Å². The minimum Gasteiger partial charge on any atom is -0.481 e. The predicted molar refractivity (Wildman–Crippen MR) is 103 cm³/mol. The van der Waals surface area contributed by atoms with Crippen LogP contribution >= 0.6 is 0 Å². The second-order valence-electron chi connectivity index (χ2n) is 7.49. The van der Waals surface area contributed by atoms with Crippen LogP contribution in [-0.2, 0) is 11.2 Å². The number of carbonyl (C=O) groups excluding carboxylic acids is 1. The van der Waals surface area contributed by atoms with Gasteiger partial charge >= 0.3 is 0 Å². The minimum atomic E-state index is -0.433. The molecule has 26 heavy (non-hydrogen) atoms. The molecule has 0 fully saturated rings. The van der Waals surface area contributed by atoms with Crippen LogP contribution in [0.25, 0.3) is 5.57 Å². The molecule has 2 aliphatic rings. The Bertz CT molecular complexity index is 907.